The van der Waals surface area contributed by atoms with Gasteiger partial charge in [-0.1, -0.05) is 28.9 Å². The molecule has 0 aliphatic heterocycles. The predicted molar refractivity (Wildman–Crippen MR) is 78.2 cm³/mol. The van der Waals surface area contributed by atoms with E-state index >= 15 is 0 Å². The highest BCUT2D eigenvalue weighted by atomic mass is 79.9. The molecular formula is C14H15BrN2O2. The maximum atomic E-state index is 11.9. The lowest BCUT2D eigenvalue weighted by Crippen LogP contribution is -2.22. The van der Waals surface area contributed by atoms with Crippen molar-refractivity contribution in [3.05, 3.63) is 34.4 Å². The number of nitrogens with two attached hydrogens (primary N) is 1. The molecule has 0 fully saturated rings. The van der Waals surface area contributed by atoms with Crippen LogP contribution in [-0.4, -0.2) is 16.3 Å². The Labute approximate surface area is 119 Å². The first kappa shape index (κ1) is 13.8. The summed E-state index contributed by atoms with van der Waals surface area (Å²) in [5.74, 6) is -1.57. The van der Waals surface area contributed by atoms with Crippen LogP contribution in [0.3, 0.4) is 0 Å². The van der Waals surface area contributed by atoms with Crippen LogP contribution in [0.1, 0.15) is 36.7 Å². The van der Waals surface area contributed by atoms with Crippen LogP contribution in [-0.2, 0) is 4.79 Å². The lowest BCUT2D eigenvalue weighted by molar-refractivity contribution is -0.114. The van der Waals surface area contributed by atoms with Crippen LogP contribution in [0.4, 0.5) is 0 Å². The van der Waals surface area contributed by atoms with Crippen molar-refractivity contribution in [2.75, 3.05) is 0 Å². The number of hydrogen-bond donors (Lipinski definition) is 1. The number of halogens is 1. The molecule has 0 spiro atoms. The van der Waals surface area contributed by atoms with Gasteiger partial charge in [-0.25, -0.2) is 0 Å². The average Bonchev–Trinajstić information content (AvgIpc) is 2.75. The summed E-state index contributed by atoms with van der Waals surface area (Å²) in [4.78, 5) is 23.0. The number of carbonyl (C=O) groups is 2. The van der Waals surface area contributed by atoms with Crippen LogP contribution in [0.25, 0.3) is 10.9 Å². The number of carbonyl (C=O) groups excluding carboxylic acids is 2. The van der Waals surface area contributed by atoms with Crippen LogP contribution in [0.2, 0.25) is 0 Å². The number of benzene rings is 1. The summed E-state index contributed by atoms with van der Waals surface area (Å²) in [5, 5.41) is 0.757. The van der Waals surface area contributed by atoms with Crippen molar-refractivity contribution in [2.45, 2.75) is 26.3 Å². The van der Waals surface area contributed by atoms with Gasteiger partial charge in [-0.2, -0.15) is 0 Å². The first-order valence-electron chi connectivity index (χ1n) is 6.10. The summed E-state index contributed by atoms with van der Waals surface area (Å²) in [7, 11) is 0. The number of aromatic nitrogens is 1. The van der Waals surface area contributed by atoms with Gasteiger partial charge in [0.1, 0.15) is 0 Å². The van der Waals surface area contributed by atoms with Gasteiger partial charge >= 0.3 is 0 Å². The van der Waals surface area contributed by atoms with Crippen molar-refractivity contribution in [3.8, 4) is 0 Å². The molecular weight excluding hydrogens is 308 g/mol. The first-order chi connectivity index (χ1) is 8.95. The SMILES string of the molecule is CCC(C)n1cc(C(=O)C(N)=O)c2ccc(Br)cc21. The highest BCUT2D eigenvalue weighted by Crippen LogP contribution is 2.28. The number of amides is 1. The zero-order chi connectivity index (χ0) is 14.2. The molecule has 1 atom stereocenters. The molecule has 0 saturated carbocycles. The largest absolute Gasteiger partial charge is 0.363 e. The summed E-state index contributed by atoms with van der Waals surface area (Å²) in [6, 6.07) is 5.86. The van der Waals surface area contributed by atoms with Crippen molar-refractivity contribution in [1.82, 2.24) is 4.57 Å². The van der Waals surface area contributed by atoms with E-state index in [9.17, 15) is 9.59 Å². The fourth-order valence-electron chi connectivity index (χ4n) is 2.10. The van der Waals surface area contributed by atoms with E-state index in [2.05, 4.69) is 29.8 Å². The summed E-state index contributed by atoms with van der Waals surface area (Å²) >= 11 is 3.42. The van der Waals surface area contributed by atoms with E-state index in [0.29, 0.717) is 5.56 Å². The van der Waals surface area contributed by atoms with Crippen molar-refractivity contribution in [3.63, 3.8) is 0 Å². The van der Waals surface area contributed by atoms with Gasteiger partial charge < -0.3 is 10.3 Å². The lowest BCUT2D eigenvalue weighted by Gasteiger charge is -2.12. The number of primary amides is 1. The Kier molecular flexibility index (Phi) is 3.75. The summed E-state index contributed by atoms with van der Waals surface area (Å²) in [6.07, 6.45) is 2.65. The van der Waals surface area contributed by atoms with Gasteiger partial charge in [0, 0.05) is 22.1 Å². The number of hydrogen-bond acceptors (Lipinski definition) is 2. The van der Waals surface area contributed by atoms with Crippen molar-refractivity contribution in [1.29, 1.82) is 0 Å². The maximum Gasteiger partial charge on any atom is 0.289 e. The zero-order valence-corrected chi connectivity index (χ0v) is 12.4. The molecule has 5 heteroatoms. The third kappa shape index (κ3) is 2.42. The Balaban J connectivity index is 2.73. The van der Waals surface area contributed by atoms with Gasteiger partial charge in [0.25, 0.3) is 11.7 Å². The molecule has 2 aromatic rings. The van der Waals surface area contributed by atoms with Gasteiger partial charge in [0.05, 0.1) is 11.1 Å². The predicted octanol–water partition coefficient (Wildman–Crippen LogP) is 3.04. The second kappa shape index (κ2) is 5.17. The van der Waals surface area contributed by atoms with Crippen molar-refractivity contribution >= 4 is 38.5 Å². The van der Waals surface area contributed by atoms with Crippen LogP contribution < -0.4 is 5.73 Å². The van der Waals surface area contributed by atoms with E-state index in [0.717, 1.165) is 21.8 Å². The number of fused-ring (bicyclic) bond motifs is 1. The molecule has 2 rings (SSSR count). The van der Waals surface area contributed by atoms with E-state index in [1.165, 1.54) is 0 Å². The number of Topliss-reactive ketones (excluding diaryl/α,β-unsaturated/α-hetero) is 1. The Morgan fingerprint density at radius 2 is 2.11 bits per heavy atom. The highest BCUT2D eigenvalue weighted by Gasteiger charge is 2.20. The smallest absolute Gasteiger partial charge is 0.289 e. The first-order valence-corrected chi connectivity index (χ1v) is 6.89. The van der Waals surface area contributed by atoms with E-state index in [4.69, 9.17) is 5.73 Å². The molecule has 0 aliphatic carbocycles. The highest BCUT2D eigenvalue weighted by molar-refractivity contribution is 9.10. The molecule has 1 unspecified atom stereocenters. The second-order valence-corrected chi connectivity index (χ2v) is 5.48. The minimum Gasteiger partial charge on any atom is -0.363 e. The molecule has 100 valence electrons. The average molecular weight is 323 g/mol. The van der Waals surface area contributed by atoms with Crippen LogP contribution >= 0.6 is 15.9 Å². The minimum atomic E-state index is -0.925. The topological polar surface area (TPSA) is 65.1 Å². The third-order valence-electron chi connectivity index (χ3n) is 3.33. The van der Waals surface area contributed by atoms with Gasteiger partial charge in [-0.3, -0.25) is 9.59 Å². The standard InChI is InChI=1S/C14H15BrN2O2/c1-3-8(2)17-7-11(13(18)14(16)19)10-5-4-9(15)6-12(10)17/h4-8H,3H2,1-2H3,(H2,16,19). The second-order valence-electron chi connectivity index (χ2n) is 4.56. The minimum absolute atomic E-state index is 0.242. The summed E-state index contributed by atoms with van der Waals surface area (Å²) in [6.45, 7) is 4.14. The molecule has 1 amide bonds. The van der Waals surface area contributed by atoms with Gasteiger partial charge in [0.15, 0.2) is 0 Å². The van der Waals surface area contributed by atoms with Crippen LogP contribution in [0.5, 0.6) is 0 Å². The van der Waals surface area contributed by atoms with Crippen LogP contribution in [0.15, 0.2) is 28.9 Å². The van der Waals surface area contributed by atoms with Crippen molar-refractivity contribution in [2.24, 2.45) is 5.73 Å². The van der Waals surface area contributed by atoms with Crippen molar-refractivity contribution < 1.29 is 9.59 Å². The Morgan fingerprint density at radius 3 is 2.68 bits per heavy atom. The van der Waals surface area contributed by atoms with Gasteiger partial charge in [0.2, 0.25) is 0 Å². The van der Waals surface area contributed by atoms with Crippen LogP contribution in [0, 0.1) is 0 Å². The molecule has 1 heterocycles. The lowest BCUT2D eigenvalue weighted by atomic mass is 10.1. The van der Waals surface area contributed by atoms with E-state index in [1.54, 1.807) is 6.20 Å². The maximum absolute atomic E-state index is 11.9. The normalized spacial score (nSPS) is 12.6. The molecule has 19 heavy (non-hydrogen) atoms. The molecule has 0 bridgehead atoms. The Hall–Kier alpha value is -1.62. The third-order valence-corrected chi connectivity index (χ3v) is 3.82. The fourth-order valence-corrected chi connectivity index (χ4v) is 2.45. The Bertz CT molecular complexity index is 661. The molecule has 1 aromatic heterocycles. The van der Waals surface area contributed by atoms with E-state index in [-0.39, 0.29) is 6.04 Å². The van der Waals surface area contributed by atoms with E-state index < -0.39 is 11.7 Å². The van der Waals surface area contributed by atoms with Gasteiger partial charge in [-0.05, 0) is 25.5 Å². The number of nitrogens with zero attached hydrogens (tertiary/aromatic N) is 1. The monoisotopic (exact) mass is 322 g/mol. The molecule has 1 aromatic carbocycles. The summed E-state index contributed by atoms with van der Waals surface area (Å²) < 4.78 is 2.94. The quantitative estimate of drug-likeness (QED) is 0.694. The van der Waals surface area contributed by atoms with E-state index in [1.807, 2.05) is 22.8 Å². The molecule has 0 saturated heterocycles. The number of rotatable bonds is 4. The fraction of sp³-hybridized carbons (Fsp3) is 0.286. The zero-order valence-electron chi connectivity index (χ0n) is 10.8. The molecule has 0 aliphatic rings. The molecule has 0 radical (unpaired) electrons. The Morgan fingerprint density at radius 1 is 1.42 bits per heavy atom. The number of ketones is 1. The summed E-state index contributed by atoms with van der Waals surface area (Å²) in [5.41, 5.74) is 6.39. The molecule has 4 nitrogen and oxygen atoms in total. The molecule has 2 N–H and O–H groups in total. The van der Waals surface area contributed by atoms with Gasteiger partial charge in [-0.15, -0.1) is 0 Å².